The number of hydrogen-bond donors (Lipinski definition) is 0. The van der Waals surface area contributed by atoms with Gasteiger partial charge in [0.15, 0.2) is 0 Å². The lowest BCUT2D eigenvalue weighted by molar-refractivity contribution is -0.117. The zero-order chi connectivity index (χ0) is 12.7. The second-order valence-corrected chi connectivity index (χ2v) is 5.64. The fourth-order valence-electron chi connectivity index (χ4n) is 2.74. The SMILES string of the molecule is CCCN1CCN(CC(C)(C=O)CCC)CC1. The fourth-order valence-corrected chi connectivity index (χ4v) is 2.74. The van der Waals surface area contributed by atoms with Gasteiger partial charge in [0.25, 0.3) is 0 Å². The predicted molar refractivity (Wildman–Crippen MR) is 72.3 cm³/mol. The number of piperazine rings is 1. The molecular weight excluding hydrogens is 212 g/mol. The van der Waals surface area contributed by atoms with Crippen LogP contribution in [-0.2, 0) is 4.79 Å². The Bertz CT molecular complexity index is 224. The predicted octanol–water partition coefficient (Wildman–Crippen LogP) is 2.02. The average Bonchev–Trinajstić information content (AvgIpc) is 2.32. The van der Waals surface area contributed by atoms with Gasteiger partial charge in [0.1, 0.15) is 6.29 Å². The van der Waals surface area contributed by atoms with Crippen LogP contribution in [0.2, 0.25) is 0 Å². The van der Waals surface area contributed by atoms with E-state index in [0.29, 0.717) is 0 Å². The minimum Gasteiger partial charge on any atom is -0.303 e. The van der Waals surface area contributed by atoms with Gasteiger partial charge in [-0.05, 0) is 19.4 Å². The molecule has 0 aliphatic carbocycles. The molecule has 100 valence electrons. The molecule has 1 heterocycles. The molecule has 0 aromatic heterocycles. The molecule has 0 radical (unpaired) electrons. The second-order valence-electron chi connectivity index (χ2n) is 5.64. The maximum Gasteiger partial charge on any atom is 0.127 e. The number of hydrogen-bond acceptors (Lipinski definition) is 3. The summed E-state index contributed by atoms with van der Waals surface area (Å²) in [5.41, 5.74) is -0.137. The average molecular weight is 240 g/mol. The summed E-state index contributed by atoms with van der Waals surface area (Å²) in [5, 5.41) is 0. The van der Waals surface area contributed by atoms with Gasteiger partial charge < -0.3 is 9.69 Å². The van der Waals surface area contributed by atoms with E-state index in [-0.39, 0.29) is 5.41 Å². The molecule has 1 unspecified atom stereocenters. The highest BCUT2D eigenvalue weighted by molar-refractivity contribution is 5.59. The van der Waals surface area contributed by atoms with Crippen molar-refractivity contribution < 1.29 is 4.79 Å². The summed E-state index contributed by atoms with van der Waals surface area (Å²) in [6.45, 7) is 13.2. The van der Waals surface area contributed by atoms with E-state index < -0.39 is 0 Å². The van der Waals surface area contributed by atoms with Crippen molar-refractivity contribution >= 4 is 6.29 Å². The summed E-state index contributed by atoms with van der Waals surface area (Å²) >= 11 is 0. The van der Waals surface area contributed by atoms with Crippen molar-refractivity contribution in [1.29, 1.82) is 0 Å². The zero-order valence-electron chi connectivity index (χ0n) is 11.7. The normalized spacial score (nSPS) is 22.3. The van der Waals surface area contributed by atoms with Gasteiger partial charge in [-0.2, -0.15) is 0 Å². The van der Waals surface area contributed by atoms with Gasteiger partial charge in [0, 0.05) is 38.1 Å². The summed E-state index contributed by atoms with van der Waals surface area (Å²) in [6, 6.07) is 0. The molecule has 1 saturated heterocycles. The molecule has 0 aromatic carbocycles. The Morgan fingerprint density at radius 1 is 1.06 bits per heavy atom. The smallest absolute Gasteiger partial charge is 0.127 e. The van der Waals surface area contributed by atoms with Crippen LogP contribution in [0.25, 0.3) is 0 Å². The van der Waals surface area contributed by atoms with Crippen LogP contribution in [0, 0.1) is 5.41 Å². The quantitative estimate of drug-likeness (QED) is 0.636. The number of rotatable bonds is 7. The van der Waals surface area contributed by atoms with Gasteiger partial charge >= 0.3 is 0 Å². The first kappa shape index (κ1) is 14.7. The van der Waals surface area contributed by atoms with Crippen molar-refractivity contribution in [3.8, 4) is 0 Å². The Labute approximate surface area is 106 Å². The molecule has 1 atom stereocenters. The zero-order valence-corrected chi connectivity index (χ0v) is 11.7. The second kappa shape index (κ2) is 7.12. The monoisotopic (exact) mass is 240 g/mol. The molecule has 1 aliphatic rings. The largest absolute Gasteiger partial charge is 0.303 e. The van der Waals surface area contributed by atoms with E-state index >= 15 is 0 Å². The lowest BCUT2D eigenvalue weighted by Crippen LogP contribution is -2.49. The minimum atomic E-state index is -0.137. The minimum absolute atomic E-state index is 0.137. The first-order valence-electron chi connectivity index (χ1n) is 7.04. The molecule has 0 saturated carbocycles. The Balaban J connectivity index is 2.36. The number of carbonyl (C=O) groups excluding carboxylic acids is 1. The van der Waals surface area contributed by atoms with E-state index in [2.05, 4.69) is 30.6 Å². The lowest BCUT2D eigenvalue weighted by Gasteiger charge is -2.38. The highest BCUT2D eigenvalue weighted by Gasteiger charge is 2.27. The number of carbonyl (C=O) groups is 1. The molecule has 0 N–H and O–H groups in total. The summed E-state index contributed by atoms with van der Waals surface area (Å²) in [6.07, 6.45) is 4.49. The van der Waals surface area contributed by atoms with Crippen molar-refractivity contribution in [2.75, 3.05) is 39.3 Å². The summed E-state index contributed by atoms with van der Waals surface area (Å²) in [7, 11) is 0. The van der Waals surface area contributed by atoms with E-state index in [0.717, 1.165) is 51.9 Å². The molecule has 1 fully saturated rings. The molecule has 1 aliphatic heterocycles. The molecule has 3 nitrogen and oxygen atoms in total. The van der Waals surface area contributed by atoms with E-state index in [1.807, 2.05) is 0 Å². The Kier molecular flexibility index (Phi) is 6.14. The molecule has 3 heteroatoms. The van der Waals surface area contributed by atoms with Crippen LogP contribution < -0.4 is 0 Å². The topological polar surface area (TPSA) is 23.6 Å². The molecule has 1 rings (SSSR count). The molecule has 0 spiro atoms. The van der Waals surface area contributed by atoms with Crippen molar-refractivity contribution in [1.82, 2.24) is 9.80 Å². The maximum absolute atomic E-state index is 11.2. The van der Waals surface area contributed by atoms with Crippen molar-refractivity contribution in [2.24, 2.45) is 5.41 Å². The maximum atomic E-state index is 11.2. The van der Waals surface area contributed by atoms with E-state index in [1.165, 1.54) is 13.0 Å². The van der Waals surface area contributed by atoms with E-state index in [1.54, 1.807) is 0 Å². The molecule has 0 bridgehead atoms. The Morgan fingerprint density at radius 2 is 1.65 bits per heavy atom. The third-order valence-electron chi connectivity index (χ3n) is 3.70. The molecular formula is C14H28N2O. The molecule has 0 aromatic rings. The highest BCUT2D eigenvalue weighted by Crippen LogP contribution is 2.22. The third kappa shape index (κ3) is 4.76. The van der Waals surface area contributed by atoms with Crippen molar-refractivity contribution in [3.63, 3.8) is 0 Å². The van der Waals surface area contributed by atoms with Gasteiger partial charge in [0.2, 0.25) is 0 Å². The standard InChI is InChI=1S/C14H28N2O/c1-4-6-14(3,13-17)12-16-10-8-15(7-5-2)9-11-16/h13H,4-12H2,1-3H3. The highest BCUT2D eigenvalue weighted by atomic mass is 16.1. The van der Waals surface area contributed by atoms with Crippen molar-refractivity contribution in [3.05, 3.63) is 0 Å². The van der Waals surface area contributed by atoms with Gasteiger partial charge in [-0.3, -0.25) is 4.90 Å². The third-order valence-corrected chi connectivity index (χ3v) is 3.70. The van der Waals surface area contributed by atoms with E-state index in [9.17, 15) is 4.79 Å². The van der Waals surface area contributed by atoms with Crippen LogP contribution in [-0.4, -0.2) is 55.4 Å². The summed E-state index contributed by atoms with van der Waals surface area (Å²) < 4.78 is 0. The van der Waals surface area contributed by atoms with Crippen LogP contribution in [0.3, 0.4) is 0 Å². The van der Waals surface area contributed by atoms with Gasteiger partial charge in [0.05, 0.1) is 0 Å². The van der Waals surface area contributed by atoms with Crippen LogP contribution in [0.1, 0.15) is 40.0 Å². The first-order valence-corrected chi connectivity index (χ1v) is 7.04. The molecule has 17 heavy (non-hydrogen) atoms. The van der Waals surface area contributed by atoms with Crippen LogP contribution in [0.4, 0.5) is 0 Å². The van der Waals surface area contributed by atoms with Crippen LogP contribution in [0.15, 0.2) is 0 Å². The summed E-state index contributed by atoms with van der Waals surface area (Å²) in [4.78, 5) is 16.2. The van der Waals surface area contributed by atoms with E-state index in [4.69, 9.17) is 0 Å². The fraction of sp³-hybridized carbons (Fsp3) is 0.929. The lowest BCUT2D eigenvalue weighted by atomic mass is 9.86. The molecule has 0 amide bonds. The summed E-state index contributed by atoms with van der Waals surface area (Å²) in [5.74, 6) is 0. The van der Waals surface area contributed by atoms with Gasteiger partial charge in [-0.1, -0.05) is 27.2 Å². The van der Waals surface area contributed by atoms with Crippen LogP contribution >= 0.6 is 0 Å². The Hall–Kier alpha value is -0.410. The van der Waals surface area contributed by atoms with Crippen molar-refractivity contribution in [2.45, 2.75) is 40.0 Å². The number of aldehydes is 1. The first-order chi connectivity index (χ1) is 8.13. The Morgan fingerprint density at radius 3 is 2.12 bits per heavy atom. The van der Waals surface area contributed by atoms with Crippen LogP contribution in [0.5, 0.6) is 0 Å². The van der Waals surface area contributed by atoms with Gasteiger partial charge in [-0.25, -0.2) is 0 Å². The number of nitrogens with zero attached hydrogens (tertiary/aromatic N) is 2. The van der Waals surface area contributed by atoms with Gasteiger partial charge in [-0.15, -0.1) is 0 Å².